The molecule has 0 aromatic carbocycles. The van der Waals surface area contributed by atoms with Crippen LogP contribution in [0, 0.1) is 40.4 Å². The van der Waals surface area contributed by atoms with Crippen LogP contribution >= 0.6 is 0 Å². The van der Waals surface area contributed by atoms with Gasteiger partial charge in [-0.1, -0.05) is 0 Å². The molecule has 0 aliphatic heterocycles. The van der Waals surface area contributed by atoms with Gasteiger partial charge in [-0.25, -0.2) is 0 Å². The molecule has 0 aliphatic carbocycles. The first-order valence-corrected chi connectivity index (χ1v) is 0. The van der Waals surface area contributed by atoms with Gasteiger partial charge in [0.05, 0.1) is 0 Å². The summed E-state index contributed by atoms with van der Waals surface area (Å²) in [6.45, 7) is 0. The fourth-order valence-electron chi connectivity index (χ4n) is 0. The van der Waals surface area contributed by atoms with Crippen molar-refractivity contribution in [3.8, 4) is 0 Å². The van der Waals surface area contributed by atoms with Gasteiger partial charge in [-0.05, 0) is 0 Å². The summed E-state index contributed by atoms with van der Waals surface area (Å²) >= 11 is 0. The molecule has 0 rings (SSSR count). The van der Waals surface area contributed by atoms with Crippen molar-refractivity contribution in [1.82, 2.24) is 0 Å². The molecule has 0 unspecified atom stereocenters. The first-order valence-electron chi connectivity index (χ1n) is 0. The molecule has 0 aromatic rings. The summed E-state index contributed by atoms with van der Waals surface area (Å²) in [4.78, 5) is 0. The van der Waals surface area contributed by atoms with E-state index in [1.54, 1.807) is 0 Å². The van der Waals surface area contributed by atoms with Crippen molar-refractivity contribution < 1.29 is 160 Å². The van der Waals surface area contributed by atoms with Crippen molar-refractivity contribution in [3.63, 3.8) is 0 Å². The van der Waals surface area contributed by atoms with E-state index >= 15 is 0 Å². The first-order chi connectivity index (χ1) is 0. The van der Waals surface area contributed by atoms with Gasteiger partial charge in [0.25, 0.3) is 0 Å². The maximum atomic E-state index is 0. The minimum atomic E-state index is 0. The standard InChI is InChI=1S/7Cu.Sm. The van der Waals surface area contributed by atoms with Crippen LogP contribution in [0.4, 0.5) is 0 Å². The fraction of sp³-hybridized carbons (Fsp3) is 0. The average Bonchev–Trinajstić information content (AvgIpc) is 0. The van der Waals surface area contributed by atoms with Crippen molar-refractivity contribution in [2.24, 2.45) is 0 Å². The molecule has 0 amide bonds. The maximum Gasteiger partial charge on any atom is 0 e. The zero-order valence-electron chi connectivity index (χ0n) is 2.52. The normalized spacial score (nSPS) is 0. The summed E-state index contributed by atoms with van der Waals surface area (Å²) in [5.74, 6) is 0. The van der Waals surface area contributed by atoms with Crippen LogP contribution in [0.5, 0.6) is 0 Å². The Labute approximate surface area is 156 Å². The summed E-state index contributed by atoms with van der Waals surface area (Å²) in [6, 6.07) is 0. The van der Waals surface area contributed by atoms with E-state index < -0.39 is 0 Å². The van der Waals surface area contributed by atoms with E-state index in [0.29, 0.717) is 0 Å². The molecule has 0 N–H and O–H groups in total. The smallest absolute Gasteiger partial charge is 0 e. The van der Waals surface area contributed by atoms with Crippen LogP contribution in [0.3, 0.4) is 0 Å². The molecule has 83 valence electrons. The van der Waals surface area contributed by atoms with Crippen LogP contribution in [0.2, 0.25) is 0 Å². The molecule has 0 aromatic heterocycles. The fourth-order valence-corrected chi connectivity index (χ4v) is 0. The SMILES string of the molecule is [Cu].[Cu].[Cu].[Cu].[Cu].[Cu].[Cu].[Sm]. The molecule has 0 aliphatic rings. The third-order valence-electron chi connectivity index (χ3n) is 0. The Balaban J connectivity index is 0. The van der Waals surface area contributed by atoms with Crippen molar-refractivity contribution in [1.29, 1.82) is 0 Å². The predicted molar refractivity (Wildman–Crippen MR) is 0 cm³/mol. The molecule has 7 radical (unpaired) electrons. The van der Waals surface area contributed by atoms with Gasteiger partial charge in [-0.3, -0.25) is 0 Å². The summed E-state index contributed by atoms with van der Waals surface area (Å²) in [5.41, 5.74) is 0. The minimum Gasteiger partial charge on any atom is 0 e. The van der Waals surface area contributed by atoms with E-state index in [1.807, 2.05) is 0 Å². The predicted octanol–water partition coefficient (Wildman–Crippen LogP) is -0.0175. The summed E-state index contributed by atoms with van der Waals surface area (Å²) in [5, 5.41) is 0. The van der Waals surface area contributed by atoms with Gasteiger partial charge >= 0.3 is 0 Å². The van der Waals surface area contributed by atoms with Gasteiger partial charge in [0.15, 0.2) is 0 Å². The molecule has 0 saturated carbocycles. The van der Waals surface area contributed by atoms with Crippen LogP contribution in [0.15, 0.2) is 0 Å². The van der Waals surface area contributed by atoms with E-state index in [2.05, 4.69) is 0 Å². The Morgan fingerprint density at radius 1 is 0.250 bits per heavy atom. The molecule has 0 nitrogen and oxygen atoms in total. The van der Waals surface area contributed by atoms with E-state index in [0.717, 1.165) is 0 Å². The molecule has 0 spiro atoms. The van der Waals surface area contributed by atoms with E-state index in [1.165, 1.54) is 0 Å². The number of rotatable bonds is 0. The maximum absolute atomic E-state index is 0. The molecule has 0 saturated heterocycles. The Morgan fingerprint density at radius 3 is 0.250 bits per heavy atom. The zero-order chi connectivity index (χ0) is 0. The van der Waals surface area contributed by atoms with Gasteiger partial charge in [0, 0.05) is 160 Å². The monoisotopic (exact) mass is 592 g/mol. The zero-order valence-corrected chi connectivity index (χ0v) is 11.7. The van der Waals surface area contributed by atoms with E-state index in [9.17, 15) is 0 Å². The number of hydrogen-bond acceptors (Lipinski definition) is 0. The van der Waals surface area contributed by atoms with Crippen LogP contribution in [-0.4, -0.2) is 0 Å². The van der Waals surface area contributed by atoms with Crippen LogP contribution in [0.25, 0.3) is 0 Å². The molecule has 0 heterocycles. The van der Waals surface area contributed by atoms with Gasteiger partial charge in [-0.15, -0.1) is 0 Å². The quantitative estimate of drug-likeness (QED) is 0.346. The summed E-state index contributed by atoms with van der Waals surface area (Å²) in [7, 11) is 0. The second kappa shape index (κ2) is 58.3. The van der Waals surface area contributed by atoms with Crippen molar-refractivity contribution in [2.75, 3.05) is 0 Å². The van der Waals surface area contributed by atoms with E-state index in [-0.39, 0.29) is 160 Å². The molecule has 8 heavy (non-hydrogen) atoms. The van der Waals surface area contributed by atoms with Gasteiger partial charge in [-0.2, -0.15) is 0 Å². The van der Waals surface area contributed by atoms with Gasteiger partial charge in [0.2, 0.25) is 0 Å². The summed E-state index contributed by atoms with van der Waals surface area (Å²) < 4.78 is 0. The average molecular weight is 595 g/mol. The van der Waals surface area contributed by atoms with E-state index in [4.69, 9.17) is 0 Å². The summed E-state index contributed by atoms with van der Waals surface area (Å²) in [6.07, 6.45) is 0. The van der Waals surface area contributed by atoms with Crippen molar-refractivity contribution in [3.05, 3.63) is 0 Å². The second-order valence-electron chi connectivity index (χ2n) is 0. The molecular formula is Cu7Sm. The minimum absolute atomic E-state index is 0. The van der Waals surface area contributed by atoms with Crippen LogP contribution in [0.1, 0.15) is 0 Å². The Bertz CT molecular complexity index is 4.35. The van der Waals surface area contributed by atoms with Gasteiger partial charge in [0.1, 0.15) is 0 Å². The van der Waals surface area contributed by atoms with Crippen LogP contribution in [-0.2, 0) is 119 Å². The molecule has 0 fully saturated rings. The van der Waals surface area contributed by atoms with Crippen molar-refractivity contribution in [2.45, 2.75) is 0 Å². The second-order valence-corrected chi connectivity index (χ2v) is 0. The topological polar surface area (TPSA) is 0 Å². The Kier molecular flexibility index (Phi) is 548. The largest absolute Gasteiger partial charge is 0 e. The molecule has 0 bridgehead atoms. The Morgan fingerprint density at radius 2 is 0.250 bits per heavy atom. The third kappa shape index (κ3) is 44.1. The third-order valence-corrected chi connectivity index (χ3v) is 0. The van der Waals surface area contributed by atoms with Crippen LogP contribution < -0.4 is 0 Å². The first kappa shape index (κ1) is 75.2. The molecular weight excluding hydrogens is 595 g/mol. The number of hydrogen-bond donors (Lipinski definition) is 0. The Hall–Kier alpha value is 4.97. The van der Waals surface area contributed by atoms with Crippen molar-refractivity contribution >= 4 is 0 Å². The molecule has 8 heteroatoms. The van der Waals surface area contributed by atoms with Gasteiger partial charge < -0.3 is 0 Å². The molecule has 0 atom stereocenters.